The van der Waals surface area contributed by atoms with E-state index in [1.54, 1.807) is 12.4 Å². The molecule has 3 N–H and O–H groups in total. The summed E-state index contributed by atoms with van der Waals surface area (Å²) in [6.45, 7) is 4.99. The van der Waals surface area contributed by atoms with Crippen LogP contribution in [0.3, 0.4) is 0 Å². The van der Waals surface area contributed by atoms with Crippen LogP contribution in [0.4, 0.5) is 0 Å². The Labute approximate surface area is 127 Å². The zero-order chi connectivity index (χ0) is 15.5. The van der Waals surface area contributed by atoms with Crippen LogP contribution in [0, 0.1) is 0 Å². The van der Waals surface area contributed by atoms with E-state index >= 15 is 0 Å². The molecule has 0 aromatic carbocycles. The van der Waals surface area contributed by atoms with Crippen molar-refractivity contribution >= 4 is 0 Å². The van der Waals surface area contributed by atoms with Gasteiger partial charge < -0.3 is 15.5 Å². The molecule has 0 spiro atoms. The molecular formula is C16H29N3O2. The first kappa shape index (κ1) is 18.0. The fraction of sp³-hybridized carbons (Fsp3) is 0.750. The van der Waals surface area contributed by atoms with E-state index in [1.165, 1.54) is 0 Å². The molecule has 1 aromatic rings. The van der Waals surface area contributed by atoms with Crippen LogP contribution in [0.25, 0.3) is 0 Å². The van der Waals surface area contributed by atoms with Gasteiger partial charge in [-0.25, -0.2) is 0 Å². The van der Waals surface area contributed by atoms with E-state index in [-0.39, 0.29) is 12.6 Å². The fourth-order valence-corrected chi connectivity index (χ4v) is 2.12. The summed E-state index contributed by atoms with van der Waals surface area (Å²) in [5, 5.41) is 22.7. The average Bonchev–Trinajstić information content (AvgIpc) is 2.51. The van der Waals surface area contributed by atoms with Gasteiger partial charge in [0.2, 0.25) is 0 Å². The second kappa shape index (κ2) is 10.7. The van der Waals surface area contributed by atoms with Crippen LogP contribution in [0.5, 0.6) is 0 Å². The molecule has 0 aliphatic rings. The number of rotatable bonds is 11. The van der Waals surface area contributed by atoms with Gasteiger partial charge in [-0.2, -0.15) is 0 Å². The van der Waals surface area contributed by atoms with Crippen molar-refractivity contribution in [1.82, 2.24) is 15.3 Å². The van der Waals surface area contributed by atoms with E-state index in [4.69, 9.17) is 0 Å². The van der Waals surface area contributed by atoms with E-state index in [2.05, 4.69) is 29.1 Å². The van der Waals surface area contributed by atoms with Crippen molar-refractivity contribution in [2.75, 3.05) is 13.2 Å². The molecule has 5 heteroatoms. The Kier molecular flexibility index (Phi) is 9.14. The van der Waals surface area contributed by atoms with Gasteiger partial charge in [-0.15, -0.1) is 0 Å². The van der Waals surface area contributed by atoms with Gasteiger partial charge in [-0.1, -0.05) is 26.7 Å². The molecule has 120 valence electrons. The second-order valence-corrected chi connectivity index (χ2v) is 5.47. The minimum atomic E-state index is -0.650. The zero-order valence-corrected chi connectivity index (χ0v) is 13.3. The largest absolute Gasteiger partial charge is 0.395 e. The summed E-state index contributed by atoms with van der Waals surface area (Å²) >= 11 is 0. The van der Waals surface area contributed by atoms with Crippen molar-refractivity contribution in [2.45, 2.75) is 64.5 Å². The highest BCUT2D eigenvalue weighted by atomic mass is 16.3. The fourth-order valence-electron chi connectivity index (χ4n) is 2.12. The van der Waals surface area contributed by atoms with Crippen molar-refractivity contribution in [3.05, 3.63) is 23.8 Å². The number of nitrogens with one attached hydrogen (secondary N) is 1. The summed E-state index contributed by atoms with van der Waals surface area (Å²) in [7, 11) is 0. The molecule has 0 saturated carbocycles. The van der Waals surface area contributed by atoms with Gasteiger partial charge in [0.1, 0.15) is 0 Å². The molecule has 1 aromatic heterocycles. The predicted molar refractivity (Wildman–Crippen MR) is 84.1 cm³/mol. The normalized spacial score (nSPS) is 14.1. The Morgan fingerprint density at radius 3 is 2.33 bits per heavy atom. The molecule has 5 nitrogen and oxygen atoms in total. The third-order valence-corrected chi connectivity index (χ3v) is 3.56. The van der Waals surface area contributed by atoms with E-state index in [0.717, 1.165) is 50.0 Å². The van der Waals surface area contributed by atoms with Gasteiger partial charge in [0.05, 0.1) is 30.1 Å². The molecule has 1 heterocycles. The maximum absolute atomic E-state index is 10.2. The lowest BCUT2D eigenvalue weighted by molar-refractivity contribution is 0.0893. The van der Waals surface area contributed by atoms with Crippen molar-refractivity contribution in [3.63, 3.8) is 0 Å². The summed E-state index contributed by atoms with van der Waals surface area (Å²) in [6.07, 6.45) is 8.61. The summed E-state index contributed by atoms with van der Waals surface area (Å²) in [4.78, 5) is 8.73. The van der Waals surface area contributed by atoms with E-state index < -0.39 is 6.10 Å². The van der Waals surface area contributed by atoms with Crippen LogP contribution in [0.15, 0.2) is 12.4 Å². The second-order valence-electron chi connectivity index (χ2n) is 5.47. The Balaban J connectivity index is 2.46. The summed E-state index contributed by atoms with van der Waals surface area (Å²) in [6, 6.07) is -0.307. The number of nitrogens with zero attached hydrogens (tertiary/aromatic N) is 2. The van der Waals surface area contributed by atoms with Gasteiger partial charge in [0.25, 0.3) is 0 Å². The van der Waals surface area contributed by atoms with Gasteiger partial charge in [-0.05, 0) is 25.8 Å². The standard InChI is InChI=1S/C16H29N3O2/c1-3-5-7-13-10-19-14(11-18-13)9-16(21)15(12-20)17-8-6-4-2/h10-11,15-17,20-21H,3-9,12H2,1-2H3/t15-,16+/m0/s1. The first-order valence-electron chi connectivity index (χ1n) is 8.03. The molecule has 0 amide bonds. The molecule has 0 aliphatic carbocycles. The Bertz CT molecular complexity index is 370. The lowest BCUT2D eigenvalue weighted by Gasteiger charge is -2.22. The van der Waals surface area contributed by atoms with E-state index in [0.29, 0.717) is 6.42 Å². The monoisotopic (exact) mass is 295 g/mol. The minimum absolute atomic E-state index is 0.0765. The van der Waals surface area contributed by atoms with Crippen LogP contribution in [-0.4, -0.2) is 45.5 Å². The van der Waals surface area contributed by atoms with Crippen molar-refractivity contribution in [3.8, 4) is 0 Å². The third kappa shape index (κ3) is 6.98. The van der Waals surface area contributed by atoms with Crippen LogP contribution in [-0.2, 0) is 12.8 Å². The Morgan fingerprint density at radius 2 is 1.76 bits per heavy atom. The highest BCUT2D eigenvalue weighted by Crippen LogP contribution is 2.06. The summed E-state index contributed by atoms with van der Waals surface area (Å²) in [5.41, 5.74) is 1.76. The van der Waals surface area contributed by atoms with Gasteiger partial charge in [-0.3, -0.25) is 9.97 Å². The number of aliphatic hydroxyl groups is 2. The highest BCUT2D eigenvalue weighted by molar-refractivity contribution is 5.04. The molecule has 0 fully saturated rings. The number of aryl methyl sites for hydroxylation is 1. The average molecular weight is 295 g/mol. The van der Waals surface area contributed by atoms with E-state index in [9.17, 15) is 10.2 Å². The molecule has 0 saturated heterocycles. The summed E-state index contributed by atoms with van der Waals surface area (Å²) < 4.78 is 0. The van der Waals surface area contributed by atoms with E-state index in [1.807, 2.05) is 0 Å². The first-order chi connectivity index (χ1) is 10.2. The number of hydrogen-bond donors (Lipinski definition) is 3. The number of aromatic nitrogens is 2. The maximum atomic E-state index is 10.2. The van der Waals surface area contributed by atoms with Gasteiger partial charge in [0, 0.05) is 18.8 Å². The van der Waals surface area contributed by atoms with Crippen LogP contribution in [0.2, 0.25) is 0 Å². The zero-order valence-electron chi connectivity index (χ0n) is 13.3. The lowest BCUT2D eigenvalue weighted by atomic mass is 10.1. The smallest absolute Gasteiger partial charge is 0.0771 e. The van der Waals surface area contributed by atoms with Crippen LogP contribution >= 0.6 is 0 Å². The number of unbranched alkanes of at least 4 members (excludes halogenated alkanes) is 2. The molecule has 0 aliphatic heterocycles. The molecule has 0 bridgehead atoms. The molecule has 0 unspecified atom stereocenters. The van der Waals surface area contributed by atoms with Gasteiger partial charge in [0.15, 0.2) is 0 Å². The first-order valence-corrected chi connectivity index (χ1v) is 8.03. The topological polar surface area (TPSA) is 78.3 Å². The third-order valence-electron chi connectivity index (χ3n) is 3.56. The lowest BCUT2D eigenvalue weighted by Crippen LogP contribution is -2.44. The Hall–Kier alpha value is -1.04. The molecule has 1 rings (SSSR count). The summed E-state index contributed by atoms with van der Waals surface area (Å²) in [5.74, 6) is 0. The van der Waals surface area contributed by atoms with Gasteiger partial charge >= 0.3 is 0 Å². The van der Waals surface area contributed by atoms with Crippen LogP contribution in [0.1, 0.15) is 50.9 Å². The number of aliphatic hydroxyl groups excluding tert-OH is 2. The maximum Gasteiger partial charge on any atom is 0.0771 e. The number of hydrogen-bond acceptors (Lipinski definition) is 5. The van der Waals surface area contributed by atoms with Crippen molar-refractivity contribution < 1.29 is 10.2 Å². The van der Waals surface area contributed by atoms with Crippen molar-refractivity contribution in [2.24, 2.45) is 0 Å². The Morgan fingerprint density at radius 1 is 1.10 bits per heavy atom. The molecule has 0 radical (unpaired) electrons. The molecule has 21 heavy (non-hydrogen) atoms. The SMILES string of the molecule is CCCCN[C@@H](CO)[C@H](O)Cc1cnc(CCCC)cn1. The molecule has 2 atom stereocenters. The molecular weight excluding hydrogens is 266 g/mol. The highest BCUT2D eigenvalue weighted by Gasteiger charge is 2.18. The predicted octanol–water partition coefficient (Wildman–Crippen LogP) is 1.47. The van der Waals surface area contributed by atoms with Crippen molar-refractivity contribution in [1.29, 1.82) is 0 Å². The minimum Gasteiger partial charge on any atom is -0.395 e. The van der Waals surface area contributed by atoms with Crippen LogP contribution < -0.4 is 5.32 Å². The quantitative estimate of drug-likeness (QED) is 0.539.